The van der Waals surface area contributed by atoms with Crippen molar-refractivity contribution in [1.82, 2.24) is 5.32 Å². The molecule has 1 aliphatic rings. The van der Waals surface area contributed by atoms with Crippen LogP contribution in [0.2, 0.25) is 5.02 Å². The van der Waals surface area contributed by atoms with Gasteiger partial charge in [-0.3, -0.25) is 4.79 Å². The quantitative estimate of drug-likeness (QED) is 0.758. The van der Waals surface area contributed by atoms with Crippen LogP contribution in [0.1, 0.15) is 25.7 Å². The van der Waals surface area contributed by atoms with Gasteiger partial charge in [-0.25, -0.2) is 4.79 Å². The smallest absolute Gasteiger partial charge is 0.344 e. The molecule has 1 N–H and O–H groups in total. The van der Waals surface area contributed by atoms with Crippen LogP contribution in [0, 0.1) is 0 Å². The molecule has 0 atom stereocenters. The molecular weight excluding hydrogens is 374 g/mol. The third kappa shape index (κ3) is 5.50. The van der Waals surface area contributed by atoms with Gasteiger partial charge >= 0.3 is 5.97 Å². The summed E-state index contributed by atoms with van der Waals surface area (Å²) in [5.74, 6) is -0.381. The largest absolute Gasteiger partial charge is 0.481 e. The minimum atomic E-state index is -0.594. The molecule has 0 spiro atoms. The number of hydrogen-bond acceptors (Lipinski definition) is 4. The third-order valence-corrected chi connectivity index (χ3v) is 4.18. The zero-order chi connectivity index (χ0) is 15.9. The highest BCUT2D eigenvalue weighted by Crippen LogP contribution is 2.27. The van der Waals surface area contributed by atoms with Crippen LogP contribution < -0.4 is 10.1 Å². The fourth-order valence-electron chi connectivity index (χ4n) is 2.26. The van der Waals surface area contributed by atoms with Crippen molar-refractivity contribution in [3.8, 4) is 5.75 Å². The molecule has 1 aromatic carbocycles. The van der Waals surface area contributed by atoms with E-state index in [1.807, 2.05) is 0 Å². The van der Waals surface area contributed by atoms with Gasteiger partial charge in [-0.1, -0.05) is 24.4 Å². The van der Waals surface area contributed by atoms with Crippen LogP contribution in [-0.4, -0.2) is 31.1 Å². The lowest BCUT2D eigenvalue weighted by Crippen LogP contribution is -2.36. The lowest BCUT2D eigenvalue weighted by atomic mass is 10.2. The van der Waals surface area contributed by atoms with E-state index in [0.29, 0.717) is 15.2 Å². The van der Waals surface area contributed by atoms with Gasteiger partial charge in [-0.05, 0) is 47.0 Å². The summed E-state index contributed by atoms with van der Waals surface area (Å²) in [6.07, 6.45) is 4.25. The normalized spacial score (nSPS) is 14.6. The highest BCUT2D eigenvalue weighted by molar-refractivity contribution is 9.10. The highest BCUT2D eigenvalue weighted by atomic mass is 79.9. The summed E-state index contributed by atoms with van der Waals surface area (Å²) < 4.78 is 10.8. The van der Waals surface area contributed by atoms with Crippen molar-refractivity contribution >= 4 is 39.4 Å². The van der Waals surface area contributed by atoms with E-state index in [1.165, 1.54) is 0 Å². The van der Waals surface area contributed by atoms with E-state index in [4.69, 9.17) is 21.1 Å². The average molecular weight is 391 g/mol. The molecule has 5 nitrogen and oxygen atoms in total. The summed E-state index contributed by atoms with van der Waals surface area (Å²) >= 11 is 9.09. The zero-order valence-electron chi connectivity index (χ0n) is 11.9. The summed E-state index contributed by atoms with van der Waals surface area (Å²) in [4.78, 5) is 23.2. The number of esters is 1. The van der Waals surface area contributed by atoms with Gasteiger partial charge in [0.25, 0.3) is 5.91 Å². The first kappa shape index (κ1) is 17.1. The molecule has 0 aromatic heterocycles. The Kier molecular flexibility index (Phi) is 6.51. The van der Waals surface area contributed by atoms with Crippen LogP contribution in [0.25, 0.3) is 0 Å². The van der Waals surface area contributed by atoms with E-state index in [2.05, 4.69) is 21.2 Å². The van der Waals surface area contributed by atoms with Gasteiger partial charge in [0.15, 0.2) is 13.2 Å². The Hall–Kier alpha value is -1.27. The summed E-state index contributed by atoms with van der Waals surface area (Å²) in [6, 6.07) is 5.18. The van der Waals surface area contributed by atoms with Gasteiger partial charge in [0.2, 0.25) is 0 Å². The zero-order valence-corrected chi connectivity index (χ0v) is 14.3. The predicted molar refractivity (Wildman–Crippen MR) is 86.0 cm³/mol. The number of halogens is 2. The van der Waals surface area contributed by atoms with Gasteiger partial charge < -0.3 is 14.8 Å². The monoisotopic (exact) mass is 389 g/mol. The van der Waals surface area contributed by atoms with Crippen LogP contribution in [0.5, 0.6) is 5.75 Å². The third-order valence-electron chi connectivity index (χ3n) is 3.32. The van der Waals surface area contributed by atoms with Crippen LogP contribution in [0.15, 0.2) is 22.7 Å². The molecule has 0 aliphatic heterocycles. The Morgan fingerprint density at radius 1 is 1.27 bits per heavy atom. The lowest BCUT2D eigenvalue weighted by Gasteiger charge is -2.12. The lowest BCUT2D eigenvalue weighted by molar-refractivity contribution is -0.150. The molecule has 120 valence electrons. The summed E-state index contributed by atoms with van der Waals surface area (Å²) in [5, 5.41) is 3.40. The topological polar surface area (TPSA) is 64.6 Å². The molecule has 7 heteroatoms. The molecule has 0 unspecified atom stereocenters. The molecule has 0 heterocycles. The number of carbonyl (C=O) groups excluding carboxylic acids is 2. The minimum absolute atomic E-state index is 0.215. The van der Waals surface area contributed by atoms with E-state index in [0.717, 1.165) is 25.7 Å². The second-order valence-electron chi connectivity index (χ2n) is 5.07. The van der Waals surface area contributed by atoms with Crippen LogP contribution in [0.3, 0.4) is 0 Å². The maximum Gasteiger partial charge on any atom is 0.344 e. The number of rotatable bonds is 6. The standard InChI is InChI=1S/C15H17BrClNO4/c16-12-7-10(17)5-6-13(12)21-9-15(20)22-8-14(19)18-11-3-1-2-4-11/h5-7,11H,1-4,8-9H2,(H,18,19). The molecule has 1 aliphatic carbocycles. The van der Waals surface area contributed by atoms with Gasteiger partial charge in [0, 0.05) is 11.1 Å². The number of ether oxygens (including phenoxy) is 2. The maximum atomic E-state index is 11.6. The minimum Gasteiger partial charge on any atom is -0.481 e. The van der Waals surface area contributed by atoms with E-state index >= 15 is 0 Å². The van der Waals surface area contributed by atoms with Crippen molar-refractivity contribution in [3.63, 3.8) is 0 Å². The van der Waals surface area contributed by atoms with Crippen LogP contribution in [-0.2, 0) is 14.3 Å². The molecule has 2 rings (SSSR count). The van der Waals surface area contributed by atoms with Crippen LogP contribution in [0.4, 0.5) is 0 Å². The van der Waals surface area contributed by atoms with Crippen molar-refractivity contribution < 1.29 is 19.1 Å². The molecule has 1 amide bonds. The van der Waals surface area contributed by atoms with Crippen molar-refractivity contribution in [2.45, 2.75) is 31.7 Å². The van der Waals surface area contributed by atoms with Crippen molar-refractivity contribution in [1.29, 1.82) is 0 Å². The number of benzene rings is 1. The molecule has 0 saturated heterocycles. The van der Waals surface area contributed by atoms with Crippen molar-refractivity contribution in [2.75, 3.05) is 13.2 Å². The number of nitrogens with one attached hydrogen (secondary N) is 1. The Morgan fingerprint density at radius 3 is 2.68 bits per heavy atom. The van der Waals surface area contributed by atoms with Gasteiger partial charge in [0.05, 0.1) is 4.47 Å². The fraction of sp³-hybridized carbons (Fsp3) is 0.467. The summed E-state index contributed by atoms with van der Waals surface area (Å²) in [6.45, 7) is -0.544. The highest BCUT2D eigenvalue weighted by Gasteiger charge is 2.18. The van der Waals surface area contributed by atoms with Crippen LogP contribution >= 0.6 is 27.5 Å². The van der Waals surface area contributed by atoms with Gasteiger partial charge in [-0.2, -0.15) is 0 Å². The molecule has 1 saturated carbocycles. The second-order valence-corrected chi connectivity index (χ2v) is 6.36. The summed E-state index contributed by atoms with van der Waals surface area (Å²) in [7, 11) is 0. The first-order chi connectivity index (χ1) is 10.5. The molecule has 1 fully saturated rings. The second kappa shape index (κ2) is 8.39. The fourth-order valence-corrected chi connectivity index (χ4v) is 3.05. The van der Waals surface area contributed by atoms with Crippen molar-refractivity contribution in [3.05, 3.63) is 27.7 Å². The SMILES string of the molecule is O=C(COC(=O)COc1ccc(Cl)cc1Br)NC1CCCC1. The average Bonchev–Trinajstić information content (AvgIpc) is 2.97. The molecular formula is C15H17BrClNO4. The first-order valence-electron chi connectivity index (χ1n) is 7.07. The molecule has 22 heavy (non-hydrogen) atoms. The van der Waals surface area contributed by atoms with Gasteiger partial charge in [-0.15, -0.1) is 0 Å². The first-order valence-corrected chi connectivity index (χ1v) is 8.24. The Labute approximate surface area is 142 Å². The van der Waals surface area contributed by atoms with Gasteiger partial charge in [0.1, 0.15) is 5.75 Å². The molecule has 1 aromatic rings. The number of hydrogen-bond donors (Lipinski definition) is 1. The Bertz CT molecular complexity index is 546. The summed E-state index contributed by atoms with van der Waals surface area (Å²) in [5.41, 5.74) is 0. The predicted octanol–water partition coefficient (Wildman–Crippen LogP) is 3.08. The van der Waals surface area contributed by atoms with Crippen molar-refractivity contribution in [2.24, 2.45) is 0 Å². The Morgan fingerprint density at radius 2 is 2.00 bits per heavy atom. The molecule has 0 bridgehead atoms. The molecule has 0 radical (unpaired) electrons. The van der Waals surface area contributed by atoms with E-state index in [9.17, 15) is 9.59 Å². The van der Waals surface area contributed by atoms with E-state index in [-0.39, 0.29) is 25.2 Å². The number of carbonyl (C=O) groups is 2. The number of amides is 1. The Balaban J connectivity index is 1.68. The van der Waals surface area contributed by atoms with E-state index < -0.39 is 5.97 Å². The maximum absolute atomic E-state index is 11.6. The van der Waals surface area contributed by atoms with E-state index in [1.54, 1.807) is 18.2 Å².